The molecule has 0 heterocycles. The molecule has 1 aliphatic rings. The number of primary amides is 1. The molecule has 1 saturated carbocycles. The molecule has 0 spiro atoms. The maximum absolute atomic E-state index is 12.7. The third kappa shape index (κ3) is 4.84. The van der Waals surface area contributed by atoms with Crippen LogP contribution in [0.1, 0.15) is 41.5 Å². The minimum atomic E-state index is -4.39. The highest BCUT2D eigenvalue weighted by Gasteiger charge is 2.44. The molecule has 0 aliphatic heterocycles. The van der Waals surface area contributed by atoms with Crippen molar-refractivity contribution >= 4 is 23.4 Å². The Kier molecular flexibility index (Phi) is 5.65. The first-order valence-corrected chi connectivity index (χ1v) is 9.04. The van der Waals surface area contributed by atoms with Crippen LogP contribution in [-0.4, -0.2) is 11.8 Å². The van der Waals surface area contributed by atoms with E-state index in [1.165, 1.54) is 12.1 Å². The third-order valence-electron chi connectivity index (χ3n) is 4.77. The summed E-state index contributed by atoms with van der Waals surface area (Å²) in [6.07, 6.45) is -3.93. The number of amides is 2. The second-order valence-electron chi connectivity index (χ2n) is 6.86. The molecule has 2 aromatic rings. The van der Waals surface area contributed by atoms with Gasteiger partial charge in [-0.05, 0) is 47.7 Å². The smallest absolute Gasteiger partial charge is 0.370 e. The number of nitrogens with two attached hydrogens (primary N) is 1. The summed E-state index contributed by atoms with van der Waals surface area (Å²) in [6, 6.07) is 11.0. The monoisotopic (exact) mass is 410 g/mol. The van der Waals surface area contributed by atoms with E-state index in [2.05, 4.69) is 5.32 Å². The topological polar surface area (TPSA) is 72.2 Å². The molecular formula is C20H18ClF3N2O2. The van der Waals surface area contributed by atoms with Gasteiger partial charge >= 0.3 is 6.18 Å². The van der Waals surface area contributed by atoms with E-state index in [9.17, 15) is 22.8 Å². The highest BCUT2D eigenvalue weighted by atomic mass is 35.5. The maximum atomic E-state index is 12.7. The van der Waals surface area contributed by atoms with Gasteiger partial charge in [0, 0.05) is 10.9 Å². The summed E-state index contributed by atoms with van der Waals surface area (Å²) in [5.74, 6) is -1.33. The van der Waals surface area contributed by atoms with Crippen molar-refractivity contribution in [3.8, 4) is 0 Å². The van der Waals surface area contributed by atoms with Gasteiger partial charge in [-0.3, -0.25) is 9.59 Å². The van der Waals surface area contributed by atoms with Gasteiger partial charge in [-0.25, -0.2) is 0 Å². The number of rotatable bonds is 6. The summed E-state index contributed by atoms with van der Waals surface area (Å²) < 4.78 is 38.0. The van der Waals surface area contributed by atoms with Gasteiger partial charge in [0.15, 0.2) is 0 Å². The Morgan fingerprint density at radius 2 is 1.86 bits per heavy atom. The van der Waals surface area contributed by atoms with Crippen LogP contribution in [0.15, 0.2) is 48.5 Å². The van der Waals surface area contributed by atoms with E-state index < -0.39 is 23.7 Å². The molecule has 8 heteroatoms. The van der Waals surface area contributed by atoms with Crippen LogP contribution in [0, 0.1) is 5.92 Å². The van der Waals surface area contributed by atoms with Crippen LogP contribution in [0.5, 0.6) is 0 Å². The van der Waals surface area contributed by atoms with Crippen LogP contribution in [0.25, 0.3) is 0 Å². The number of hydrogen-bond donors (Lipinski definition) is 2. The van der Waals surface area contributed by atoms with E-state index in [0.717, 1.165) is 12.1 Å². The second-order valence-corrected chi connectivity index (χ2v) is 7.29. The fourth-order valence-corrected chi connectivity index (χ4v) is 3.43. The highest BCUT2D eigenvalue weighted by molar-refractivity contribution is 6.30. The quantitative estimate of drug-likeness (QED) is 0.749. The van der Waals surface area contributed by atoms with Crippen LogP contribution in [0.2, 0.25) is 5.02 Å². The van der Waals surface area contributed by atoms with Gasteiger partial charge in [0.05, 0.1) is 18.0 Å². The molecule has 2 aromatic carbocycles. The Hall–Kier alpha value is -2.54. The van der Waals surface area contributed by atoms with E-state index in [0.29, 0.717) is 22.6 Å². The molecule has 2 amide bonds. The van der Waals surface area contributed by atoms with E-state index in [1.54, 1.807) is 24.3 Å². The Morgan fingerprint density at radius 1 is 1.18 bits per heavy atom. The lowest BCUT2D eigenvalue weighted by Crippen LogP contribution is -2.33. The molecule has 28 heavy (non-hydrogen) atoms. The van der Waals surface area contributed by atoms with Crippen molar-refractivity contribution in [1.82, 2.24) is 5.32 Å². The average molecular weight is 411 g/mol. The zero-order valence-electron chi connectivity index (χ0n) is 14.7. The summed E-state index contributed by atoms with van der Waals surface area (Å²) in [4.78, 5) is 24.0. The van der Waals surface area contributed by atoms with Crippen LogP contribution in [0.3, 0.4) is 0 Å². The van der Waals surface area contributed by atoms with Gasteiger partial charge in [0.2, 0.25) is 11.8 Å². The minimum Gasteiger partial charge on any atom is -0.370 e. The summed E-state index contributed by atoms with van der Waals surface area (Å²) in [7, 11) is 0. The summed E-state index contributed by atoms with van der Waals surface area (Å²) >= 11 is 5.98. The van der Waals surface area contributed by atoms with E-state index in [1.807, 2.05) is 0 Å². The summed E-state index contributed by atoms with van der Waals surface area (Å²) in [6.45, 7) is 0. The molecule has 1 fully saturated rings. The predicted octanol–water partition coefficient (Wildman–Crippen LogP) is 4.20. The van der Waals surface area contributed by atoms with Crippen LogP contribution < -0.4 is 11.1 Å². The highest BCUT2D eigenvalue weighted by Crippen LogP contribution is 2.48. The fraction of sp³-hybridized carbons (Fsp3) is 0.300. The van der Waals surface area contributed by atoms with Crippen molar-refractivity contribution in [3.05, 3.63) is 70.2 Å². The Morgan fingerprint density at radius 3 is 2.43 bits per heavy atom. The predicted molar refractivity (Wildman–Crippen MR) is 98.4 cm³/mol. The normalized spacial score (nSPS) is 19.7. The van der Waals surface area contributed by atoms with E-state index >= 15 is 0 Å². The van der Waals surface area contributed by atoms with Gasteiger partial charge < -0.3 is 11.1 Å². The van der Waals surface area contributed by atoms with Crippen molar-refractivity contribution in [2.24, 2.45) is 11.7 Å². The summed E-state index contributed by atoms with van der Waals surface area (Å²) in [5.41, 5.74) is 5.91. The first-order valence-electron chi connectivity index (χ1n) is 8.66. The third-order valence-corrected chi connectivity index (χ3v) is 5.00. The molecule has 3 rings (SSSR count). The Labute approximate surface area is 164 Å². The molecule has 0 bridgehead atoms. The molecule has 2 unspecified atom stereocenters. The second kappa shape index (κ2) is 7.83. The fourth-order valence-electron chi connectivity index (χ4n) is 3.23. The van der Waals surface area contributed by atoms with Gasteiger partial charge in [-0.2, -0.15) is 13.2 Å². The zero-order valence-corrected chi connectivity index (χ0v) is 15.4. The molecule has 4 nitrogen and oxygen atoms in total. The van der Waals surface area contributed by atoms with E-state index in [-0.39, 0.29) is 24.2 Å². The molecule has 1 aliphatic carbocycles. The molecule has 0 aromatic heterocycles. The van der Waals surface area contributed by atoms with Crippen molar-refractivity contribution in [2.75, 3.05) is 0 Å². The van der Waals surface area contributed by atoms with Crippen LogP contribution in [0.4, 0.5) is 13.2 Å². The molecule has 3 N–H and O–H groups in total. The first kappa shape index (κ1) is 20.2. The first-order chi connectivity index (χ1) is 13.1. The van der Waals surface area contributed by atoms with Crippen molar-refractivity contribution in [3.63, 3.8) is 0 Å². The van der Waals surface area contributed by atoms with Gasteiger partial charge in [0.1, 0.15) is 0 Å². The number of carbonyl (C=O) groups is 2. The Bertz CT molecular complexity index is 884. The van der Waals surface area contributed by atoms with Crippen molar-refractivity contribution < 1.29 is 22.8 Å². The lowest BCUT2D eigenvalue weighted by Gasteiger charge is -2.18. The molecule has 3 atom stereocenters. The molecule has 148 valence electrons. The number of halogens is 4. The van der Waals surface area contributed by atoms with E-state index in [4.69, 9.17) is 17.3 Å². The summed E-state index contributed by atoms with van der Waals surface area (Å²) in [5, 5.41) is 3.28. The largest absolute Gasteiger partial charge is 0.416 e. The van der Waals surface area contributed by atoms with Gasteiger partial charge in [-0.15, -0.1) is 0 Å². The lowest BCUT2D eigenvalue weighted by atomic mass is 10.0. The number of benzene rings is 2. The standard InChI is InChI=1S/C20H18ClF3N2O2/c21-14-3-1-2-12(8-14)17(10-18(25)27)26-19(28)16-9-15(16)11-4-6-13(7-5-11)20(22,23)24/h1-8,15-17H,9-10H2,(H2,25,27)(H,26,28)/t15?,16?,17-/m1/s1. The van der Waals surface area contributed by atoms with Crippen molar-refractivity contribution in [1.29, 1.82) is 0 Å². The molecular weight excluding hydrogens is 393 g/mol. The maximum Gasteiger partial charge on any atom is 0.416 e. The van der Waals surface area contributed by atoms with Gasteiger partial charge in [0.25, 0.3) is 0 Å². The van der Waals surface area contributed by atoms with Gasteiger partial charge in [-0.1, -0.05) is 35.9 Å². The zero-order chi connectivity index (χ0) is 20.5. The number of nitrogens with one attached hydrogen (secondary N) is 1. The average Bonchev–Trinajstić information content (AvgIpc) is 3.41. The lowest BCUT2D eigenvalue weighted by molar-refractivity contribution is -0.137. The number of hydrogen-bond acceptors (Lipinski definition) is 2. The van der Waals surface area contributed by atoms with Crippen molar-refractivity contribution in [2.45, 2.75) is 31.0 Å². The van der Waals surface area contributed by atoms with Crippen LogP contribution >= 0.6 is 11.6 Å². The minimum absolute atomic E-state index is 0.0796. The molecule has 0 radical (unpaired) electrons. The number of alkyl halides is 3. The molecule has 0 saturated heterocycles. The Balaban J connectivity index is 1.67. The number of carbonyl (C=O) groups excluding carboxylic acids is 2. The van der Waals surface area contributed by atoms with Crippen LogP contribution in [-0.2, 0) is 15.8 Å². The SMILES string of the molecule is NC(=O)C[C@@H](NC(=O)C1CC1c1ccc(C(F)(F)F)cc1)c1cccc(Cl)c1.